The monoisotopic (exact) mass is 497 g/mol. The number of likely N-dealkylation sites (N-methyl/N-ethyl adjacent to an activating group) is 1. The highest BCUT2D eigenvalue weighted by Crippen LogP contribution is 2.26. The number of aryl methyl sites for hydroxylation is 1. The molecule has 35 heavy (non-hydrogen) atoms. The zero-order valence-corrected chi connectivity index (χ0v) is 21.0. The molecular formula is C27H33ClFN5O. The molecule has 1 aliphatic heterocycles. The molecule has 1 saturated heterocycles. The van der Waals surface area contributed by atoms with Crippen LogP contribution in [0.4, 0.5) is 10.1 Å². The topological polar surface area (TPSA) is 62.6 Å². The number of benzene rings is 2. The largest absolute Gasteiger partial charge is 0.376 e. The second-order valence-electron chi connectivity index (χ2n) is 9.56. The highest BCUT2D eigenvalue weighted by atomic mass is 35.5. The van der Waals surface area contributed by atoms with Gasteiger partial charge in [-0.15, -0.1) is 0 Å². The van der Waals surface area contributed by atoms with Gasteiger partial charge in [0.05, 0.1) is 23.2 Å². The number of anilines is 1. The van der Waals surface area contributed by atoms with Crippen molar-refractivity contribution in [1.29, 1.82) is 5.26 Å². The number of hydrogen-bond donors (Lipinski definition) is 1. The van der Waals surface area contributed by atoms with Crippen molar-refractivity contribution < 1.29 is 9.18 Å². The Morgan fingerprint density at radius 2 is 2.00 bits per heavy atom. The molecule has 0 aromatic heterocycles. The van der Waals surface area contributed by atoms with E-state index in [1.165, 1.54) is 23.3 Å². The average Bonchev–Trinajstić information content (AvgIpc) is 2.87. The van der Waals surface area contributed by atoms with Gasteiger partial charge in [0.15, 0.2) is 0 Å². The SMILES string of the molecule is CN1CCN(CCCN(C(=O)CNc2ccc(F)c(Cl)c2)C2CCc3cc(C#N)ccc3C2)CC1. The van der Waals surface area contributed by atoms with Crippen molar-refractivity contribution in [3.63, 3.8) is 0 Å². The van der Waals surface area contributed by atoms with Crippen molar-refractivity contribution in [2.75, 3.05) is 58.2 Å². The molecule has 2 aromatic carbocycles. The van der Waals surface area contributed by atoms with Crippen LogP contribution in [0.2, 0.25) is 5.02 Å². The molecule has 1 fully saturated rings. The van der Waals surface area contributed by atoms with E-state index in [0.29, 0.717) is 17.8 Å². The number of halogens is 2. The van der Waals surface area contributed by atoms with Gasteiger partial charge < -0.3 is 20.0 Å². The first-order chi connectivity index (χ1) is 16.9. The van der Waals surface area contributed by atoms with E-state index in [2.05, 4.69) is 28.2 Å². The summed E-state index contributed by atoms with van der Waals surface area (Å²) >= 11 is 5.90. The molecule has 4 rings (SSSR count). The first kappa shape index (κ1) is 25.4. The van der Waals surface area contributed by atoms with Crippen LogP contribution in [-0.2, 0) is 17.6 Å². The molecule has 0 radical (unpaired) electrons. The summed E-state index contributed by atoms with van der Waals surface area (Å²) in [7, 11) is 2.15. The van der Waals surface area contributed by atoms with Crippen LogP contribution < -0.4 is 5.32 Å². The number of nitriles is 1. The van der Waals surface area contributed by atoms with Gasteiger partial charge in [-0.3, -0.25) is 4.79 Å². The number of carbonyl (C=O) groups is 1. The van der Waals surface area contributed by atoms with E-state index in [1.807, 2.05) is 23.1 Å². The maximum Gasteiger partial charge on any atom is 0.242 e. The summed E-state index contributed by atoms with van der Waals surface area (Å²) in [5.41, 5.74) is 3.74. The second kappa shape index (κ2) is 11.9. The molecule has 6 nitrogen and oxygen atoms in total. The molecule has 1 N–H and O–H groups in total. The Morgan fingerprint density at radius 3 is 2.74 bits per heavy atom. The van der Waals surface area contributed by atoms with Crippen LogP contribution in [0, 0.1) is 17.1 Å². The quantitative estimate of drug-likeness (QED) is 0.601. The fraction of sp³-hybridized carbons (Fsp3) is 0.481. The minimum Gasteiger partial charge on any atom is -0.376 e. The number of amides is 1. The van der Waals surface area contributed by atoms with Crippen molar-refractivity contribution >= 4 is 23.2 Å². The van der Waals surface area contributed by atoms with Crippen molar-refractivity contribution in [3.05, 3.63) is 63.9 Å². The highest BCUT2D eigenvalue weighted by Gasteiger charge is 2.28. The molecule has 0 saturated carbocycles. The number of nitrogens with zero attached hydrogens (tertiary/aromatic N) is 4. The maximum atomic E-state index is 13.5. The molecule has 2 aromatic rings. The molecule has 1 heterocycles. The van der Waals surface area contributed by atoms with E-state index in [0.717, 1.165) is 58.4 Å². The fourth-order valence-corrected chi connectivity index (χ4v) is 5.18. The highest BCUT2D eigenvalue weighted by molar-refractivity contribution is 6.31. The van der Waals surface area contributed by atoms with Crippen LogP contribution in [0.5, 0.6) is 0 Å². The smallest absolute Gasteiger partial charge is 0.242 e. The van der Waals surface area contributed by atoms with E-state index in [1.54, 1.807) is 6.07 Å². The molecule has 1 amide bonds. The summed E-state index contributed by atoms with van der Waals surface area (Å²) in [6.45, 7) is 6.10. The second-order valence-corrected chi connectivity index (χ2v) is 9.97. The number of fused-ring (bicyclic) bond motifs is 1. The van der Waals surface area contributed by atoms with Gasteiger partial charge in [0.1, 0.15) is 5.82 Å². The molecule has 0 spiro atoms. The van der Waals surface area contributed by atoms with Crippen molar-refractivity contribution in [3.8, 4) is 6.07 Å². The third kappa shape index (κ3) is 6.72. The van der Waals surface area contributed by atoms with Crippen LogP contribution in [0.15, 0.2) is 36.4 Å². The lowest BCUT2D eigenvalue weighted by atomic mass is 9.86. The molecule has 8 heteroatoms. The Morgan fingerprint density at radius 1 is 1.20 bits per heavy atom. The zero-order valence-electron chi connectivity index (χ0n) is 20.3. The Bertz CT molecular complexity index is 1080. The van der Waals surface area contributed by atoms with Crippen LogP contribution in [0.1, 0.15) is 29.5 Å². The van der Waals surface area contributed by atoms with Crippen LogP contribution in [0.25, 0.3) is 0 Å². The summed E-state index contributed by atoms with van der Waals surface area (Å²) in [6, 6.07) is 12.6. The van der Waals surface area contributed by atoms with Crippen LogP contribution in [-0.4, -0.2) is 79.5 Å². The molecule has 2 aliphatic rings. The number of rotatable bonds is 8. The van der Waals surface area contributed by atoms with E-state index >= 15 is 0 Å². The predicted octanol–water partition coefficient (Wildman–Crippen LogP) is 3.79. The van der Waals surface area contributed by atoms with E-state index in [4.69, 9.17) is 11.6 Å². The van der Waals surface area contributed by atoms with E-state index in [-0.39, 0.29) is 23.5 Å². The summed E-state index contributed by atoms with van der Waals surface area (Å²) in [5.74, 6) is -0.444. The lowest BCUT2D eigenvalue weighted by Crippen LogP contribution is -2.48. The van der Waals surface area contributed by atoms with Gasteiger partial charge in [0, 0.05) is 44.5 Å². The van der Waals surface area contributed by atoms with Crippen molar-refractivity contribution in [2.45, 2.75) is 31.7 Å². The van der Waals surface area contributed by atoms with E-state index < -0.39 is 5.82 Å². The number of piperazine rings is 1. The standard InChI is InChI=1S/C27H33ClFN5O/c1-32-11-13-33(14-12-32)9-2-10-34(27(35)19-31-23-6-8-26(29)25(28)17-23)24-7-5-21-15-20(18-30)3-4-22(21)16-24/h3-4,6,8,15,17,24,31H,2,5,7,9-14,16,19H2,1H3. The summed E-state index contributed by atoms with van der Waals surface area (Å²) < 4.78 is 13.5. The summed E-state index contributed by atoms with van der Waals surface area (Å²) in [4.78, 5) is 20.2. The fourth-order valence-electron chi connectivity index (χ4n) is 5.00. The molecule has 186 valence electrons. The van der Waals surface area contributed by atoms with E-state index in [9.17, 15) is 14.4 Å². The number of hydrogen-bond acceptors (Lipinski definition) is 5. The average molecular weight is 498 g/mol. The van der Waals surface area contributed by atoms with Gasteiger partial charge in [-0.2, -0.15) is 5.26 Å². The van der Waals surface area contributed by atoms with Crippen molar-refractivity contribution in [1.82, 2.24) is 14.7 Å². The Labute approximate surface area is 212 Å². The zero-order chi connectivity index (χ0) is 24.8. The Hall–Kier alpha value is -2.66. The number of carbonyl (C=O) groups excluding carboxylic acids is 1. The summed E-state index contributed by atoms with van der Waals surface area (Å²) in [6.07, 6.45) is 3.46. The van der Waals surface area contributed by atoms with Gasteiger partial charge in [0.25, 0.3) is 0 Å². The minimum atomic E-state index is -0.477. The third-order valence-corrected chi connectivity index (χ3v) is 7.42. The van der Waals surface area contributed by atoms with Crippen LogP contribution >= 0.6 is 11.6 Å². The Balaban J connectivity index is 1.41. The lowest BCUT2D eigenvalue weighted by Gasteiger charge is -2.37. The van der Waals surface area contributed by atoms with Gasteiger partial charge in [-0.05, 0) is 80.7 Å². The molecule has 0 bridgehead atoms. The molecule has 1 atom stereocenters. The van der Waals surface area contributed by atoms with Crippen LogP contribution in [0.3, 0.4) is 0 Å². The van der Waals surface area contributed by atoms with Crippen molar-refractivity contribution in [2.24, 2.45) is 0 Å². The first-order valence-electron chi connectivity index (χ1n) is 12.3. The minimum absolute atomic E-state index is 0.0333. The predicted molar refractivity (Wildman–Crippen MR) is 137 cm³/mol. The normalized spacial score (nSPS) is 18.5. The molecular weight excluding hydrogens is 465 g/mol. The Kier molecular flexibility index (Phi) is 8.61. The lowest BCUT2D eigenvalue weighted by molar-refractivity contribution is -0.132. The third-order valence-electron chi connectivity index (χ3n) is 7.13. The van der Waals surface area contributed by atoms with Gasteiger partial charge in [-0.25, -0.2) is 4.39 Å². The first-order valence-corrected chi connectivity index (χ1v) is 12.7. The molecule has 1 unspecified atom stereocenters. The molecule has 1 aliphatic carbocycles. The maximum absolute atomic E-state index is 13.5. The number of nitrogens with one attached hydrogen (secondary N) is 1. The summed E-state index contributed by atoms with van der Waals surface area (Å²) in [5, 5.41) is 12.4. The van der Waals surface area contributed by atoms with Gasteiger partial charge >= 0.3 is 0 Å². The van der Waals surface area contributed by atoms with Gasteiger partial charge in [0.2, 0.25) is 5.91 Å². The van der Waals surface area contributed by atoms with Gasteiger partial charge in [-0.1, -0.05) is 17.7 Å².